The van der Waals surface area contributed by atoms with E-state index in [1.807, 2.05) is 18.2 Å². The Morgan fingerprint density at radius 2 is 2.00 bits per heavy atom. The zero-order chi connectivity index (χ0) is 15.8. The molecule has 1 aromatic carbocycles. The van der Waals surface area contributed by atoms with Crippen LogP contribution in [0.2, 0.25) is 0 Å². The van der Waals surface area contributed by atoms with Crippen LogP contribution in [0.3, 0.4) is 0 Å². The Kier molecular flexibility index (Phi) is 8.09. The lowest BCUT2D eigenvalue weighted by Crippen LogP contribution is -2.42. The number of likely N-dealkylation sites (tertiary alicyclic amines) is 1. The number of carbonyl (C=O) groups excluding carboxylic acids is 2. The number of nitriles is 1. The maximum atomic E-state index is 12.0. The van der Waals surface area contributed by atoms with Gasteiger partial charge in [-0.3, -0.25) is 9.59 Å². The van der Waals surface area contributed by atoms with E-state index in [0.717, 1.165) is 12.8 Å². The highest BCUT2D eigenvalue weighted by Gasteiger charge is 2.27. The van der Waals surface area contributed by atoms with E-state index in [-0.39, 0.29) is 36.8 Å². The van der Waals surface area contributed by atoms with Crippen LogP contribution >= 0.6 is 12.4 Å². The summed E-state index contributed by atoms with van der Waals surface area (Å²) in [5, 5.41) is 14.7. The summed E-state index contributed by atoms with van der Waals surface area (Å²) in [5.41, 5.74) is 0.618. The lowest BCUT2D eigenvalue weighted by Gasteiger charge is -2.19. The van der Waals surface area contributed by atoms with Crippen molar-refractivity contribution in [3.63, 3.8) is 0 Å². The first-order valence-electron chi connectivity index (χ1n) is 7.45. The van der Waals surface area contributed by atoms with Crippen LogP contribution in [-0.4, -0.2) is 48.9 Å². The van der Waals surface area contributed by atoms with Gasteiger partial charge in [0.2, 0.25) is 5.91 Å². The van der Waals surface area contributed by atoms with Crippen molar-refractivity contribution in [2.45, 2.75) is 18.9 Å². The summed E-state index contributed by atoms with van der Waals surface area (Å²) in [7, 11) is 0. The highest BCUT2D eigenvalue weighted by atomic mass is 35.5. The molecule has 124 valence electrons. The molecule has 1 fully saturated rings. The van der Waals surface area contributed by atoms with E-state index < -0.39 is 0 Å². The first-order valence-corrected chi connectivity index (χ1v) is 7.45. The van der Waals surface area contributed by atoms with Crippen molar-refractivity contribution < 1.29 is 9.59 Å². The largest absolute Gasteiger partial charge is 0.351 e. The second-order valence-corrected chi connectivity index (χ2v) is 5.17. The quantitative estimate of drug-likeness (QED) is 0.757. The molecule has 1 aliphatic heterocycles. The molecule has 2 amide bonds. The minimum atomic E-state index is -0.285. The molecule has 23 heavy (non-hydrogen) atoms. The summed E-state index contributed by atoms with van der Waals surface area (Å²) in [6, 6.07) is 10.9. The Morgan fingerprint density at radius 1 is 1.26 bits per heavy atom. The van der Waals surface area contributed by atoms with Gasteiger partial charge < -0.3 is 15.5 Å². The summed E-state index contributed by atoms with van der Waals surface area (Å²) in [6.45, 7) is 1.81. The van der Waals surface area contributed by atoms with Gasteiger partial charge in [-0.1, -0.05) is 18.2 Å². The molecule has 2 N–H and O–H groups in total. The number of benzene rings is 1. The fraction of sp³-hybridized carbons (Fsp3) is 0.438. The van der Waals surface area contributed by atoms with Crippen molar-refractivity contribution in [1.82, 2.24) is 15.5 Å². The van der Waals surface area contributed by atoms with E-state index in [2.05, 4.69) is 16.7 Å². The molecule has 0 spiro atoms. The predicted molar refractivity (Wildman–Crippen MR) is 89.2 cm³/mol. The average molecular weight is 337 g/mol. The summed E-state index contributed by atoms with van der Waals surface area (Å²) >= 11 is 0. The van der Waals surface area contributed by atoms with Gasteiger partial charge in [0.1, 0.15) is 6.04 Å². The number of carbonyl (C=O) groups is 2. The molecule has 6 nitrogen and oxygen atoms in total. The van der Waals surface area contributed by atoms with E-state index in [1.54, 1.807) is 17.0 Å². The first kappa shape index (κ1) is 18.9. The SMILES string of the molecule is Cl.N#C[C@@H]1CCCN1C(=O)CNCCNC(=O)c1ccccc1. The minimum Gasteiger partial charge on any atom is -0.351 e. The van der Waals surface area contributed by atoms with Crippen molar-refractivity contribution in [1.29, 1.82) is 5.26 Å². The van der Waals surface area contributed by atoms with Crippen molar-refractivity contribution >= 4 is 24.2 Å². The smallest absolute Gasteiger partial charge is 0.251 e. The van der Waals surface area contributed by atoms with Crippen LogP contribution in [0.15, 0.2) is 30.3 Å². The number of nitrogens with one attached hydrogen (secondary N) is 2. The van der Waals surface area contributed by atoms with Crippen molar-refractivity contribution in [2.75, 3.05) is 26.2 Å². The van der Waals surface area contributed by atoms with Gasteiger partial charge in [-0.25, -0.2) is 0 Å². The normalized spacial score (nSPS) is 16.3. The first-order chi connectivity index (χ1) is 10.7. The molecule has 1 saturated heterocycles. The third kappa shape index (κ3) is 5.55. The Bertz CT molecular complexity index is 559. The van der Waals surface area contributed by atoms with Crippen LogP contribution < -0.4 is 10.6 Å². The summed E-state index contributed by atoms with van der Waals surface area (Å²) < 4.78 is 0. The number of rotatable bonds is 6. The standard InChI is InChI=1S/C16H20N4O2.ClH/c17-11-14-7-4-10-20(14)15(21)12-18-8-9-19-16(22)13-5-2-1-3-6-13;/h1-3,5-6,14,18H,4,7-10,12H2,(H,19,22);1H/t14-;/m0./s1. The number of halogens is 1. The van der Waals surface area contributed by atoms with Crippen LogP contribution in [0, 0.1) is 11.3 Å². The van der Waals surface area contributed by atoms with Crippen LogP contribution in [0.25, 0.3) is 0 Å². The molecular weight excluding hydrogens is 316 g/mol. The maximum absolute atomic E-state index is 12.0. The molecule has 0 bridgehead atoms. The Balaban J connectivity index is 0.00000264. The van der Waals surface area contributed by atoms with Gasteiger partial charge in [0.05, 0.1) is 12.6 Å². The lowest BCUT2D eigenvalue weighted by atomic mass is 10.2. The number of nitrogens with zero attached hydrogens (tertiary/aromatic N) is 2. The fourth-order valence-corrected chi connectivity index (χ4v) is 2.45. The van der Waals surface area contributed by atoms with Gasteiger partial charge >= 0.3 is 0 Å². The Hall–Kier alpha value is -2.10. The van der Waals surface area contributed by atoms with Gasteiger partial charge in [-0.15, -0.1) is 12.4 Å². The van der Waals surface area contributed by atoms with E-state index in [1.165, 1.54) is 0 Å². The van der Waals surface area contributed by atoms with Gasteiger partial charge in [0.25, 0.3) is 5.91 Å². The molecule has 0 saturated carbocycles. The molecule has 0 aromatic heterocycles. The van der Waals surface area contributed by atoms with Crippen LogP contribution in [0.5, 0.6) is 0 Å². The molecular formula is C16H21ClN4O2. The van der Waals surface area contributed by atoms with Gasteiger partial charge in [-0.05, 0) is 25.0 Å². The molecule has 1 atom stereocenters. The topological polar surface area (TPSA) is 85.2 Å². The molecule has 1 heterocycles. The van der Waals surface area contributed by atoms with Gasteiger partial charge in [-0.2, -0.15) is 5.26 Å². The van der Waals surface area contributed by atoms with Crippen LogP contribution in [0.4, 0.5) is 0 Å². The zero-order valence-electron chi connectivity index (χ0n) is 12.8. The van der Waals surface area contributed by atoms with Gasteiger partial charge in [0, 0.05) is 25.2 Å². The van der Waals surface area contributed by atoms with E-state index >= 15 is 0 Å². The number of amides is 2. The van der Waals surface area contributed by atoms with E-state index in [4.69, 9.17) is 5.26 Å². The molecule has 0 unspecified atom stereocenters. The lowest BCUT2D eigenvalue weighted by molar-refractivity contribution is -0.130. The Morgan fingerprint density at radius 3 is 2.70 bits per heavy atom. The summed E-state index contributed by atoms with van der Waals surface area (Å²) in [4.78, 5) is 25.4. The zero-order valence-corrected chi connectivity index (χ0v) is 13.6. The summed E-state index contributed by atoms with van der Waals surface area (Å²) in [6.07, 6.45) is 1.65. The van der Waals surface area contributed by atoms with Crippen LogP contribution in [0.1, 0.15) is 23.2 Å². The van der Waals surface area contributed by atoms with E-state index in [9.17, 15) is 9.59 Å². The number of hydrogen-bond donors (Lipinski definition) is 2. The fourth-order valence-electron chi connectivity index (χ4n) is 2.45. The molecule has 1 aliphatic rings. The monoisotopic (exact) mass is 336 g/mol. The molecule has 7 heteroatoms. The van der Waals surface area contributed by atoms with Gasteiger partial charge in [0.15, 0.2) is 0 Å². The number of hydrogen-bond acceptors (Lipinski definition) is 4. The van der Waals surface area contributed by atoms with E-state index in [0.29, 0.717) is 25.2 Å². The predicted octanol–water partition coefficient (Wildman–Crippen LogP) is 0.942. The van der Waals surface area contributed by atoms with Crippen LogP contribution in [-0.2, 0) is 4.79 Å². The highest BCUT2D eigenvalue weighted by molar-refractivity contribution is 5.94. The highest BCUT2D eigenvalue weighted by Crippen LogP contribution is 2.15. The molecule has 1 aromatic rings. The summed E-state index contributed by atoms with van der Waals surface area (Å²) in [5.74, 6) is -0.184. The maximum Gasteiger partial charge on any atom is 0.251 e. The molecule has 0 aliphatic carbocycles. The van der Waals surface area contributed by atoms with Crippen molar-refractivity contribution in [3.05, 3.63) is 35.9 Å². The second-order valence-electron chi connectivity index (χ2n) is 5.17. The Labute approximate surface area is 142 Å². The third-order valence-electron chi connectivity index (χ3n) is 3.62. The van der Waals surface area contributed by atoms with Crippen molar-refractivity contribution in [2.24, 2.45) is 0 Å². The third-order valence-corrected chi connectivity index (χ3v) is 3.62. The average Bonchev–Trinajstić information content (AvgIpc) is 3.03. The van der Waals surface area contributed by atoms with Crippen molar-refractivity contribution in [3.8, 4) is 6.07 Å². The second kappa shape index (κ2) is 9.82. The minimum absolute atomic E-state index is 0. The molecule has 0 radical (unpaired) electrons. The molecule has 2 rings (SSSR count).